The van der Waals surface area contributed by atoms with E-state index in [-0.39, 0.29) is 6.10 Å². The van der Waals surface area contributed by atoms with Gasteiger partial charge in [0, 0.05) is 13.2 Å². The zero-order valence-electron chi connectivity index (χ0n) is 6.87. The van der Waals surface area contributed by atoms with Crippen molar-refractivity contribution in [2.45, 2.75) is 26.4 Å². The number of rotatable bonds is 6. The van der Waals surface area contributed by atoms with E-state index in [0.29, 0.717) is 13.2 Å². The Balaban J connectivity index is 3.03. The molecule has 0 aromatic carbocycles. The molecule has 0 rings (SSSR count). The minimum absolute atomic E-state index is 0.219. The summed E-state index contributed by atoms with van der Waals surface area (Å²) in [5.74, 6) is 0. The van der Waals surface area contributed by atoms with Crippen LogP contribution in [0, 0.1) is 0 Å². The standard InChI is InChI=1S/C6H15NO3S/c1-6(2)10-5-3-4-7-11(8)9/h6,11H,3-5H2,1-2H3,(H,7,8,9). The first kappa shape index (κ1) is 10.9. The molecule has 0 aromatic heterocycles. The van der Waals surface area contributed by atoms with Crippen molar-refractivity contribution in [3.63, 3.8) is 0 Å². The van der Waals surface area contributed by atoms with Gasteiger partial charge in [0.15, 0.2) is 0 Å². The van der Waals surface area contributed by atoms with Crippen LogP contribution in [0.5, 0.6) is 0 Å². The topological polar surface area (TPSA) is 55.4 Å². The van der Waals surface area contributed by atoms with E-state index >= 15 is 0 Å². The van der Waals surface area contributed by atoms with Crippen molar-refractivity contribution in [2.75, 3.05) is 13.2 Å². The van der Waals surface area contributed by atoms with Gasteiger partial charge in [-0.05, 0) is 20.3 Å². The van der Waals surface area contributed by atoms with Gasteiger partial charge in [-0.2, -0.15) is 0 Å². The summed E-state index contributed by atoms with van der Waals surface area (Å²) in [6.45, 7) is 4.96. The molecule has 0 aliphatic heterocycles. The van der Waals surface area contributed by atoms with E-state index < -0.39 is 10.9 Å². The van der Waals surface area contributed by atoms with Crippen LogP contribution in [-0.2, 0) is 15.6 Å². The molecule has 0 unspecified atom stereocenters. The normalized spacial score (nSPS) is 11.3. The van der Waals surface area contributed by atoms with Crippen molar-refractivity contribution in [1.82, 2.24) is 4.72 Å². The Morgan fingerprint density at radius 1 is 1.45 bits per heavy atom. The Morgan fingerprint density at radius 3 is 2.55 bits per heavy atom. The molecule has 0 spiro atoms. The first-order valence-corrected chi connectivity index (χ1v) is 4.80. The third kappa shape index (κ3) is 9.87. The van der Waals surface area contributed by atoms with Gasteiger partial charge in [0.25, 0.3) is 0 Å². The molecular weight excluding hydrogens is 166 g/mol. The Labute approximate surface area is 69.0 Å². The maximum absolute atomic E-state index is 9.98. The second-order valence-corrected chi connectivity index (χ2v) is 3.27. The molecule has 0 fully saturated rings. The molecule has 4 nitrogen and oxygen atoms in total. The monoisotopic (exact) mass is 181 g/mol. The van der Waals surface area contributed by atoms with Crippen LogP contribution in [0.3, 0.4) is 0 Å². The summed E-state index contributed by atoms with van der Waals surface area (Å²) in [4.78, 5) is 0. The lowest BCUT2D eigenvalue weighted by molar-refractivity contribution is 0.0778. The average molecular weight is 181 g/mol. The molecule has 11 heavy (non-hydrogen) atoms. The van der Waals surface area contributed by atoms with Crippen molar-refractivity contribution < 1.29 is 13.2 Å². The highest BCUT2D eigenvalue weighted by molar-refractivity contribution is 7.70. The fourth-order valence-corrected chi connectivity index (χ4v) is 0.902. The molecule has 1 N–H and O–H groups in total. The van der Waals surface area contributed by atoms with E-state index in [1.54, 1.807) is 0 Å². The number of ether oxygens (including phenoxy) is 1. The molecule has 0 atom stereocenters. The van der Waals surface area contributed by atoms with Gasteiger partial charge < -0.3 is 4.74 Å². The van der Waals surface area contributed by atoms with E-state index in [4.69, 9.17) is 4.74 Å². The van der Waals surface area contributed by atoms with Crippen LogP contribution in [0.1, 0.15) is 20.3 Å². The molecule has 0 radical (unpaired) electrons. The fraction of sp³-hybridized carbons (Fsp3) is 1.00. The van der Waals surface area contributed by atoms with Crippen LogP contribution in [0.4, 0.5) is 0 Å². The van der Waals surface area contributed by atoms with Gasteiger partial charge in [0.1, 0.15) is 0 Å². The van der Waals surface area contributed by atoms with Gasteiger partial charge in [0.2, 0.25) is 10.9 Å². The maximum Gasteiger partial charge on any atom is 0.201 e. The largest absolute Gasteiger partial charge is 0.379 e. The third-order valence-corrected chi connectivity index (χ3v) is 1.50. The molecule has 0 saturated heterocycles. The number of hydrogen-bond donors (Lipinski definition) is 2. The van der Waals surface area contributed by atoms with Crippen molar-refractivity contribution in [2.24, 2.45) is 0 Å². The lowest BCUT2D eigenvalue weighted by Gasteiger charge is -2.05. The smallest absolute Gasteiger partial charge is 0.201 e. The Kier molecular flexibility index (Phi) is 6.49. The summed E-state index contributed by atoms with van der Waals surface area (Å²) < 4.78 is 27.4. The Morgan fingerprint density at radius 2 is 2.09 bits per heavy atom. The first-order valence-electron chi connectivity index (χ1n) is 3.62. The predicted octanol–water partition coefficient (Wildman–Crippen LogP) is -0.0825. The van der Waals surface area contributed by atoms with Crippen LogP contribution < -0.4 is 4.72 Å². The number of thiol groups is 1. The summed E-state index contributed by atoms with van der Waals surface area (Å²) in [7, 11) is -2.44. The van der Waals surface area contributed by atoms with E-state index in [0.717, 1.165) is 6.42 Å². The molecule has 0 aliphatic rings. The van der Waals surface area contributed by atoms with E-state index in [1.807, 2.05) is 13.8 Å². The van der Waals surface area contributed by atoms with E-state index in [2.05, 4.69) is 4.72 Å². The zero-order chi connectivity index (χ0) is 8.69. The van der Waals surface area contributed by atoms with Gasteiger partial charge in [-0.1, -0.05) is 0 Å². The SMILES string of the molecule is CC(C)OCCCN[SH](=O)=O. The zero-order valence-corrected chi connectivity index (χ0v) is 7.77. The lowest BCUT2D eigenvalue weighted by Crippen LogP contribution is -2.15. The van der Waals surface area contributed by atoms with Gasteiger partial charge >= 0.3 is 0 Å². The van der Waals surface area contributed by atoms with Crippen molar-refractivity contribution in [1.29, 1.82) is 0 Å². The third-order valence-electron chi connectivity index (χ3n) is 1.01. The molecule has 0 aliphatic carbocycles. The molecule has 0 saturated carbocycles. The lowest BCUT2D eigenvalue weighted by atomic mass is 10.4. The van der Waals surface area contributed by atoms with Gasteiger partial charge in [-0.25, -0.2) is 13.1 Å². The van der Waals surface area contributed by atoms with Gasteiger partial charge in [-0.15, -0.1) is 0 Å². The van der Waals surface area contributed by atoms with Crippen LogP contribution in [0.15, 0.2) is 0 Å². The highest BCUT2D eigenvalue weighted by Gasteiger charge is 1.92. The van der Waals surface area contributed by atoms with Gasteiger partial charge in [0.05, 0.1) is 6.10 Å². The molecular formula is C6H15NO3S. The summed E-state index contributed by atoms with van der Waals surface area (Å²) in [6.07, 6.45) is 0.942. The summed E-state index contributed by atoms with van der Waals surface area (Å²) in [6, 6.07) is 0. The molecule has 0 aromatic rings. The number of hydrogen-bond acceptors (Lipinski definition) is 3. The summed E-state index contributed by atoms with van der Waals surface area (Å²) in [5, 5.41) is 0. The Bertz CT molecular complexity index is 148. The summed E-state index contributed by atoms with van der Waals surface area (Å²) in [5.41, 5.74) is 0. The molecule has 0 amide bonds. The Hall–Kier alpha value is -0.130. The second kappa shape index (κ2) is 6.57. The summed E-state index contributed by atoms with van der Waals surface area (Å²) >= 11 is 0. The van der Waals surface area contributed by atoms with Crippen molar-refractivity contribution in [3.05, 3.63) is 0 Å². The molecule has 5 heteroatoms. The minimum atomic E-state index is -2.44. The number of nitrogens with one attached hydrogen (secondary N) is 1. The van der Waals surface area contributed by atoms with Gasteiger partial charge in [-0.3, -0.25) is 0 Å². The molecule has 0 heterocycles. The van der Waals surface area contributed by atoms with Crippen LogP contribution >= 0.6 is 0 Å². The van der Waals surface area contributed by atoms with Crippen LogP contribution in [0.25, 0.3) is 0 Å². The van der Waals surface area contributed by atoms with Crippen LogP contribution in [-0.4, -0.2) is 27.7 Å². The molecule has 68 valence electrons. The van der Waals surface area contributed by atoms with Crippen molar-refractivity contribution >= 4 is 10.9 Å². The second-order valence-electron chi connectivity index (χ2n) is 2.44. The van der Waals surface area contributed by atoms with E-state index in [9.17, 15) is 8.42 Å². The first-order chi connectivity index (χ1) is 5.13. The fourth-order valence-electron chi connectivity index (χ4n) is 0.562. The van der Waals surface area contributed by atoms with Crippen molar-refractivity contribution in [3.8, 4) is 0 Å². The molecule has 0 bridgehead atoms. The maximum atomic E-state index is 9.98. The quantitative estimate of drug-likeness (QED) is 0.445. The predicted molar refractivity (Wildman–Crippen MR) is 44.0 cm³/mol. The van der Waals surface area contributed by atoms with E-state index in [1.165, 1.54) is 0 Å². The average Bonchev–Trinajstić information content (AvgIpc) is 1.85. The van der Waals surface area contributed by atoms with Crippen LogP contribution in [0.2, 0.25) is 0 Å². The highest BCUT2D eigenvalue weighted by atomic mass is 32.2. The highest BCUT2D eigenvalue weighted by Crippen LogP contribution is 1.88. The minimum Gasteiger partial charge on any atom is -0.379 e.